The van der Waals surface area contributed by atoms with Crippen molar-refractivity contribution < 1.29 is 28.6 Å². The van der Waals surface area contributed by atoms with Gasteiger partial charge in [0.2, 0.25) is 5.89 Å². The molecule has 0 aliphatic carbocycles. The summed E-state index contributed by atoms with van der Waals surface area (Å²) in [4.78, 5) is 37.4. The molecular weight excluding hydrogens is 510 g/mol. The SMILES string of the molecule is COc1cc(C(=O)N2C(c3nccs3)OC(c3ncco3)C2(Cn2cccn2)C(=O)O)ccc1C(C)(C)C. The predicted octanol–water partition coefficient (Wildman–Crippen LogP) is 4.07. The van der Waals surface area contributed by atoms with Crippen LogP contribution in [-0.2, 0) is 21.5 Å². The Hall–Kier alpha value is -4.03. The van der Waals surface area contributed by atoms with E-state index in [9.17, 15) is 14.7 Å². The molecule has 0 bridgehead atoms. The lowest BCUT2D eigenvalue weighted by atomic mass is 9.85. The van der Waals surface area contributed by atoms with Gasteiger partial charge in [-0.25, -0.2) is 14.8 Å². The van der Waals surface area contributed by atoms with E-state index < -0.39 is 29.7 Å². The van der Waals surface area contributed by atoms with Crippen molar-refractivity contribution >= 4 is 23.2 Å². The van der Waals surface area contributed by atoms with Crippen LogP contribution in [0.1, 0.15) is 59.9 Å². The molecule has 1 aliphatic heterocycles. The first-order chi connectivity index (χ1) is 18.2. The summed E-state index contributed by atoms with van der Waals surface area (Å²) in [6.45, 7) is 5.89. The molecule has 1 amide bonds. The van der Waals surface area contributed by atoms with Crippen molar-refractivity contribution in [3.05, 3.63) is 82.7 Å². The topological polar surface area (TPSA) is 133 Å². The molecule has 4 heterocycles. The number of aromatic nitrogens is 4. The minimum atomic E-state index is -1.99. The third-order valence-electron chi connectivity index (χ3n) is 6.51. The monoisotopic (exact) mass is 537 g/mol. The van der Waals surface area contributed by atoms with Gasteiger partial charge < -0.3 is 19.0 Å². The first kappa shape index (κ1) is 25.6. The number of benzene rings is 1. The highest BCUT2D eigenvalue weighted by atomic mass is 32.1. The molecule has 198 valence electrons. The maximum Gasteiger partial charge on any atom is 0.335 e. The van der Waals surface area contributed by atoms with Gasteiger partial charge in [-0.05, 0) is 29.2 Å². The Morgan fingerprint density at radius 1 is 1.21 bits per heavy atom. The van der Waals surface area contributed by atoms with E-state index in [-0.39, 0.29) is 23.4 Å². The molecule has 5 rings (SSSR count). The van der Waals surface area contributed by atoms with Crippen molar-refractivity contribution in [2.24, 2.45) is 0 Å². The number of carbonyl (C=O) groups excluding carboxylic acids is 1. The zero-order chi connectivity index (χ0) is 27.1. The third-order valence-corrected chi connectivity index (χ3v) is 7.32. The van der Waals surface area contributed by atoms with Gasteiger partial charge in [0.25, 0.3) is 5.91 Å². The molecule has 38 heavy (non-hydrogen) atoms. The fourth-order valence-electron chi connectivity index (χ4n) is 4.74. The minimum absolute atomic E-state index is 0.0251. The van der Waals surface area contributed by atoms with Crippen molar-refractivity contribution in [3.8, 4) is 5.75 Å². The van der Waals surface area contributed by atoms with Crippen LogP contribution in [0.5, 0.6) is 5.75 Å². The van der Waals surface area contributed by atoms with E-state index >= 15 is 0 Å². The van der Waals surface area contributed by atoms with E-state index in [0.717, 1.165) is 5.56 Å². The van der Waals surface area contributed by atoms with Crippen molar-refractivity contribution in [2.75, 3.05) is 7.11 Å². The van der Waals surface area contributed by atoms with E-state index in [0.29, 0.717) is 10.8 Å². The third kappa shape index (κ3) is 4.25. The number of thiazole rings is 1. The number of rotatable bonds is 7. The average Bonchev–Trinajstić information content (AvgIpc) is 3.69. The van der Waals surface area contributed by atoms with Gasteiger partial charge in [0, 0.05) is 29.5 Å². The highest BCUT2D eigenvalue weighted by Gasteiger charge is 2.65. The molecule has 4 aromatic rings. The molecular formula is C26H27N5O6S. The van der Waals surface area contributed by atoms with Gasteiger partial charge in [0.1, 0.15) is 17.0 Å². The Bertz CT molecular complexity index is 1410. The maximum atomic E-state index is 14.4. The van der Waals surface area contributed by atoms with Crippen LogP contribution < -0.4 is 4.74 Å². The van der Waals surface area contributed by atoms with Crippen LogP contribution >= 0.6 is 11.3 Å². The summed E-state index contributed by atoms with van der Waals surface area (Å²) < 4.78 is 18.9. The lowest BCUT2D eigenvalue weighted by Crippen LogP contribution is -2.59. The second kappa shape index (κ2) is 9.69. The summed E-state index contributed by atoms with van der Waals surface area (Å²) in [6.07, 6.45) is 5.08. The van der Waals surface area contributed by atoms with Crippen molar-refractivity contribution in [1.82, 2.24) is 24.6 Å². The summed E-state index contributed by atoms with van der Waals surface area (Å²) in [5.74, 6) is -1.34. The number of carbonyl (C=O) groups is 2. The molecule has 12 heteroatoms. The van der Waals surface area contributed by atoms with Crippen molar-refractivity contribution in [3.63, 3.8) is 0 Å². The zero-order valence-corrected chi connectivity index (χ0v) is 22.1. The summed E-state index contributed by atoms with van der Waals surface area (Å²) in [7, 11) is 1.54. The molecule has 1 aromatic carbocycles. The Balaban J connectivity index is 1.71. The normalized spacial score (nSPS) is 21.5. The van der Waals surface area contributed by atoms with Gasteiger partial charge in [-0.15, -0.1) is 11.3 Å². The number of hydrogen-bond acceptors (Lipinski definition) is 9. The van der Waals surface area contributed by atoms with Crippen molar-refractivity contribution in [2.45, 2.75) is 50.6 Å². The second-order valence-electron chi connectivity index (χ2n) is 9.88. The molecule has 11 nitrogen and oxygen atoms in total. The fraction of sp³-hybridized carbons (Fsp3) is 0.346. The number of ether oxygens (including phenoxy) is 2. The van der Waals surface area contributed by atoms with E-state index in [4.69, 9.17) is 13.9 Å². The Kier molecular flexibility index (Phi) is 6.53. The molecule has 3 unspecified atom stereocenters. The van der Waals surface area contributed by atoms with Crippen LogP contribution in [0.2, 0.25) is 0 Å². The van der Waals surface area contributed by atoms with E-state index in [1.807, 2.05) is 26.8 Å². The van der Waals surface area contributed by atoms with Crippen LogP contribution in [0, 0.1) is 0 Å². The molecule has 1 N–H and O–H groups in total. The number of nitrogens with zero attached hydrogens (tertiary/aromatic N) is 5. The predicted molar refractivity (Wildman–Crippen MR) is 136 cm³/mol. The van der Waals surface area contributed by atoms with Crippen LogP contribution in [0.3, 0.4) is 0 Å². The summed E-state index contributed by atoms with van der Waals surface area (Å²) in [6, 6.07) is 6.79. The van der Waals surface area contributed by atoms with E-state index in [1.165, 1.54) is 46.7 Å². The number of amides is 1. The van der Waals surface area contributed by atoms with Crippen LogP contribution in [0.25, 0.3) is 0 Å². The van der Waals surface area contributed by atoms with Gasteiger partial charge in [-0.2, -0.15) is 5.10 Å². The first-order valence-electron chi connectivity index (χ1n) is 11.8. The second-order valence-corrected chi connectivity index (χ2v) is 10.8. The van der Waals surface area contributed by atoms with Crippen LogP contribution in [0.15, 0.2) is 65.1 Å². The molecule has 1 saturated heterocycles. The Labute approximate surface area is 222 Å². The van der Waals surface area contributed by atoms with Gasteiger partial charge in [0.15, 0.2) is 17.9 Å². The quantitative estimate of drug-likeness (QED) is 0.370. The largest absolute Gasteiger partial charge is 0.496 e. The maximum absolute atomic E-state index is 14.4. The summed E-state index contributed by atoms with van der Waals surface area (Å²) in [5, 5.41) is 17.2. The van der Waals surface area contributed by atoms with E-state index in [2.05, 4.69) is 15.1 Å². The molecule has 0 saturated carbocycles. The Morgan fingerprint density at radius 3 is 2.61 bits per heavy atom. The number of aliphatic carboxylic acids is 1. The van der Waals surface area contributed by atoms with Gasteiger partial charge in [-0.3, -0.25) is 14.4 Å². The number of carboxylic acid groups (broad SMARTS) is 1. The smallest absolute Gasteiger partial charge is 0.335 e. The molecule has 3 aromatic heterocycles. The molecule has 0 spiro atoms. The lowest BCUT2D eigenvalue weighted by molar-refractivity contribution is -0.152. The van der Waals surface area contributed by atoms with Crippen molar-refractivity contribution in [1.29, 1.82) is 0 Å². The molecule has 0 radical (unpaired) electrons. The fourth-order valence-corrected chi connectivity index (χ4v) is 5.40. The van der Waals surface area contributed by atoms with Gasteiger partial charge in [0.05, 0.1) is 19.9 Å². The summed E-state index contributed by atoms with van der Waals surface area (Å²) in [5.41, 5.74) is -1.09. The zero-order valence-electron chi connectivity index (χ0n) is 21.3. The molecule has 3 atom stereocenters. The summed E-state index contributed by atoms with van der Waals surface area (Å²) >= 11 is 1.25. The average molecular weight is 538 g/mol. The van der Waals surface area contributed by atoms with Crippen LogP contribution in [0.4, 0.5) is 0 Å². The van der Waals surface area contributed by atoms with E-state index in [1.54, 1.807) is 36.0 Å². The minimum Gasteiger partial charge on any atom is -0.496 e. The number of methoxy groups -OCH3 is 1. The standard InChI is InChI=1S/C26H27N5O6S/c1-25(2,3)17-7-6-16(14-18(17)35-4)22(32)31-23(21-28-10-13-38-21)37-19(20-27-9-12-36-20)26(31,24(33)34)15-30-11-5-8-29-30/h5-14,19,23H,15H2,1-4H3,(H,33,34). The lowest BCUT2D eigenvalue weighted by Gasteiger charge is -2.37. The highest BCUT2D eigenvalue weighted by Crippen LogP contribution is 2.51. The van der Waals surface area contributed by atoms with Gasteiger partial charge >= 0.3 is 5.97 Å². The number of oxazole rings is 1. The van der Waals surface area contributed by atoms with Gasteiger partial charge in [-0.1, -0.05) is 26.8 Å². The molecule has 1 fully saturated rings. The molecule has 1 aliphatic rings. The van der Waals surface area contributed by atoms with Crippen LogP contribution in [-0.4, -0.2) is 54.3 Å². The number of carboxylic acids is 1. The highest BCUT2D eigenvalue weighted by molar-refractivity contribution is 7.09. The Morgan fingerprint density at radius 2 is 2.03 bits per heavy atom. The first-order valence-corrected chi connectivity index (χ1v) is 12.7. The number of hydrogen-bond donors (Lipinski definition) is 1.